The summed E-state index contributed by atoms with van der Waals surface area (Å²) in [6.07, 6.45) is 3.56. The van der Waals surface area contributed by atoms with Crippen molar-refractivity contribution in [2.45, 2.75) is 50.7 Å². The fourth-order valence-electron chi connectivity index (χ4n) is 3.76. The van der Waals surface area contributed by atoms with Crippen LogP contribution in [0.15, 0.2) is 42.5 Å². The van der Waals surface area contributed by atoms with Crippen LogP contribution in [0.3, 0.4) is 0 Å². The van der Waals surface area contributed by atoms with Crippen LogP contribution in [0.5, 0.6) is 0 Å². The molecule has 0 saturated heterocycles. The molecule has 0 spiro atoms. The third-order valence-corrected chi connectivity index (χ3v) is 5.34. The largest absolute Gasteiger partial charge is 0.387 e. The molecule has 1 unspecified atom stereocenters. The van der Waals surface area contributed by atoms with Gasteiger partial charge in [-0.05, 0) is 44.0 Å². The highest BCUT2D eigenvalue weighted by molar-refractivity contribution is 6.00. The van der Waals surface area contributed by atoms with Crippen LogP contribution < -0.4 is 10.6 Å². The monoisotopic (exact) mass is 381 g/mol. The Hall–Kier alpha value is -2.73. The van der Waals surface area contributed by atoms with E-state index in [1.807, 2.05) is 18.2 Å². The molecule has 0 bridgehead atoms. The Morgan fingerprint density at radius 3 is 2.50 bits per heavy atom. The smallest absolute Gasteiger partial charge is 0.252 e. The SMILES string of the molecule is CNC(=O)C1(NC(=O)c2cccc(-c3cccc(C(C)O)n3)c2)CCCCC1. The number of amides is 2. The van der Waals surface area contributed by atoms with Crippen LogP contribution in [0.25, 0.3) is 11.3 Å². The van der Waals surface area contributed by atoms with Crippen molar-refractivity contribution in [1.29, 1.82) is 0 Å². The number of aliphatic hydroxyl groups is 1. The molecule has 148 valence electrons. The van der Waals surface area contributed by atoms with Crippen molar-refractivity contribution in [3.8, 4) is 11.3 Å². The van der Waals surface area contributed by atoms with Gasteiger partial charge in [0, 0.05) is 18.2 Å². The molecule has 6 heteroatoms. The van der Waals surface area contributed by atoms with E-state index in [1.165, 1.54) is 0 Å². The molecule has 28 heavy (non-hydrogen) atoms. The van der Waals surface area contributed by atoms with E-state index < -0.39 is 11.6 Å². The minimum absolute atomic E-state index is 0.136. The maximum atomic E-state index is 12.9. The molecule has 2 aromatic rings. The first-order valence-corrected chi connectivity index (χ1v) is 9.75. The van der Waals surface area contributed by atoms with E-state index >= 15 is 0 Å². The molecule has 0 radical (unpaired) electrons. The van der Waals surface area contributed by atoms with E-state index in [0.29, 0.717) is 29.8 Å². The van der Waals surface area contributed by atoms with Gasteiger partial charge in [0.1, 0.15) is 5.54 Å². The molecule has 0 aliphatic heterocycles. The highest BCUT2D eigenvalue weighted by Crippen LogP contribution is 2.29. The molecule has 1 aromatic carbocycles. The second-order valence-electron chi connectivity index (χ2n) is 7.38. The lowest BCUT2D eigenvalue weighted by atomic mass is 9.80. The first kappa shape index (κ1) is 20.0. The number of nitrogens with one attached hydrogen (secondary N) is 2. The fraction of sp³-hybridized carbons (Fsp3) is 0.409. The Labute approximate surface area is 165 Å². The minimum Gasteiger partial charge on any atom is -0.387 e. The lowest BCUT2D eigenvalue weighted by Gasteiger charge is -2.36. The van der Waals surface area contributed by atoms with Gasteiger partial charge in [0.05, 0.1) is 17.5 Å². The summed E-state index contributed by atoms with van der Waals surface area (Å²) in [5.74, 6) is -0.401. The summed E-state index contributed by atoms with van der Waals surface area (Å²) in [5.41, 5.74) is 1.69. The van der Waals surface area contributed by atoms with Crippen LogP contribution in [-0.2, 0) is 4.79 Å². The van der Waals surface area contributed by atoms with E-state index in [9.17, 15) is 14.7 Å². The molecule has 2 amide bonds. The van der Waals surface area contributed by atoms with Crippen LogP contribution in [0.4, 0.5) is 0 Å². The van der Waals surface area contributed by atoms with Crippen molar-refractivity contribution in [3.63, 3.8) is 0 Å². The summed E-state index contributed by atoms with van der Waals surface area (Å²) in [6.45, 7) is 1.67. The Balaban J connectivity index is 1.86. The van der Waals surface area contributed by atoms with E-state index in [0.717, 1.165) is 24.8 Å². The number of nitrogens with zero attached hydrogens (tertiary/aromatic N) is 1. The number of pyridine rings is 1. The average Bonchev–Trinajstić information content (AvgIpc) is 2.74. The standard InChI is InChI=1S/C22H27N3O3/c1-15(26)18-10-7-11-19(24-18)16-8-6-9-17(14-16)20(27)25-22(21(28)23-2)12-4-3-5-13-22/h6-11,14-15,26H,3-5,12-13H2,1-2H3,(H,23,28)(H,25,27). The number of hydrogen-bond donors (Lipinski definition) is 3. The number of aliphatic hydroxyl groups excluding tert-OH is 1. The lowest BCUT2D eigenvalue weighted by molar-refractivity contribution is -0.128. The molecule has 1 aliphatic rings. The van der Waals surface area contributed by atoms with E-state index in [1.54, 1.807) is 38.2 Å². The summed E-state index contributed by atoms with van der Waals surface area (Å²) in [4.78, 5) is 29.9. The lowest BCUT2D eigenvalue weighted by Crippen LogP contribution is -2.59. The van der Waals surface area contributed by atoms with E-state index in [2.05, 4.69) is 15.6 Å². The molecular weight excluding hydrogens is 354 g/mol. The van der Waals surface area contributed by atoms with Crippen LogP contribution in [0.2, 0.25) is 0 Å². The first-order valence-electron chi connectivity index (χ1n) is 9.75. The number of aromatic nitrogens is 1. The van der Waals surface area contributed by atoms with Gasteiger partial charge in [-0.1, -0.05) is 37.5 Å². The van der Waals surface area contributed by atoms with E-state index in [4.69, 9.17) is 0 Å². The number of benzene rings is 1. The highest BCUT2D eigenvalue weighted by atomic mass is 16.3. The molecule has 1 atom stereocenters. The number of rotatable bonds is 5. The predicted molar refractivity (Wildman–Crippen MR) is 108 cm³/mol. The molecule has 6 nitrogen and oxygen atoms in total. The van der Waals surface area contributed by atoms with Crippen LogP contribution in [0.1, 0.15) is 61.2 Å². The van der Waals surface area contributed by atoms with Gasteiger partial charge in [0.2, 0.25) is 5.91 Å². The second kappa shape index (κ2) is 8.52. The zero-order valence-electron chi connectivity index (χ0n) is 16.4. The van der Waals surface area contributed by atoms with Crippen molar-refractivity contribution in [3.05, 3.63) is 53.7 Å². The van der Waals surface area contributed by atoms with Gasteiger partial charge in [-0.2, -0.15) is 0 Å². The van der Waals surface area contributed by atoms with Gasteiger partial charge in [0.25, 0.3) is 5.91 Å². The Bertz CT molecular complexity index is 858. The molecule has 1 aliphatic carbocycles. The van der Waals surface area contributed by atoms with Crippen molar-refractivity contribution in [2.24, 2.45) is 0 Å². The fourth-order valence-corrected chi connectivity index (χ4v) is 3.76. The molecule has 1 saturated carbocycles. The van der Waals surface area contributed by atoms with Gasteiger partial charge >= 0.3 is 0 Å². The van der Waals surface area contributed by atoms with Gasteiger partial charge in [-0.3, -0.25) is 14.6 Å². The van der Waals surface area contributed by atoms with Crippen molar-refractivity contribution >= 4 is 11.8 Å². The third kappa shape index (κ3) is 4.22. The predicted octanol–water partition coefficient (Wildman–Crippen LogP) is 2.98. The summed E-state index contributed by atoms with van der Waals surface area (Å²) in [6, 6.07) is 12.6. The van der Waals surface area contributed by atoms with Gasteiger partial charge < -0.3 is 15.7 Å². The summed E-state index contributed by atoms with van der Waals surface area (Å²) < 4.78 is 0. The quantitative estimate of drug-likeness (QED) is 0.743. The number of carbonyl (C=O) groups excluding carboxylic acids is 2. The number of likely N-dealkylation sites (N-methyl/N-ethyl adjacent to an activating group) is 1. The van der Waals surface area contributed by atoms with Crippen molar-refractivity contribution in [2.75, 3.05) is 7.05 Å². The van der Waals surface area contributed by atoms with E-state index in [-0.39, 0.29) is 11.8 Å². The summed E-state index contributed by atoms with van der Waals surface area (Å²) in [7, 11) is 1.60. The van der Waals surface area contributed by atoms with Gasteiger partial charge in [-0.25, -0.2) is 0 Å². The van der Waals surface area contributed by atoms with Crippen LogP contribution in [-0.4, -0.2) is 34.5 Å². The molecule has 1 fully saturated rings. The maximum Gasteiger partial charge on any atom is 0.252 e. The van der Waals surface area contributed by atoms with Gasteiger partial charge in [-0.15, -0.1) is 0 Å². The summed E-state index contributed by atoms with van der Waals surface area (Å²) >= 11 is 0. The Kier molecular flexibility index (Phi) is 6.09. The van der Waals surface area contributed by atoms with Crippen molar-refractivity contribution < 1.29 is 14.7 Å². The van der Waals surface area contributed by atoms with Gasteiger partial charge in [0.15, 0.2) is 0 Å². The average molecular weight is 381 g/mol. The van der Waals surface area contributed by atoms with Crippen molar-refractivity contribution in [1.82, 2.24) is 15.6 Å². The zero-order valence-corrected chi connectivity index (χ0v) is 16.4. The molecule has 3 N–H and O–H groups in total. The van der Waals surface area contributed by atoms with Crippen LogP contribution in [0, 0.1) is 0 Å². The molecule has 3 rings (SSSR count). The molecular formula is C22H27N3O3. The molecule has 1 heterocycles. The molecule has 1 aromatic heterocycles. The Morgan fingerprint density at radius 1 is 1.11 bits per heavy atom. The zero-order chi connectivity index (χ0) is 20.1. The first-order chi connectivity index (χ1) is 13.4. The minimum atomic E-state index is -0.843. The number of carbonyl (C=O) groups is 2. The second-order valence-corrected chi connectivity index (χ2v) is 7.38. The third-order valence-electron chi connectivity index (χ3n) is 5.34. The Morgan fingerprint density at radius 2 is 1.82 bits per heavy atom. The normalized spacial score (nSPS) is 16.8. The highest BCUT2D eigenvalue weighted by Gasteiger charge is 2.40. The van der Waals surface area contributed by atoms with Crippen LogP contribution >= 0.6 is 0 Å². The maximum absolute atomic E-state index is 12.9. The number of hydrogen-bond acceptors (Lipinski definition) is 4. The topological polar surface area (TPSA) is 91.3 Å². The summed E-state index contributed by atoms with van der Waals surface area (Å²) in [5, 5.41) is 15.5.